The molecule has 1 aromatic heterocycles. The van der Waals surface area contributed by atoms with Crippen molar-refractivity contribution in [3.05, 3.63) is 89.5 Å². The largest absolute Gasteiger partial charge is 0.366 e. The molecule has 38 heavy (non-hydrogen) atoms. The summed E-state index contributed by atoms with van der Waals surface area (Å²) in [5, 5.41) is 6.21. The summed E-state index contributed by atoms with van der Waals surface area (Å²) >= 11 is 0. The van der Waals surface area contributed by atoms with Gasteiger partial charge in [-0.2, -0.15) is 0 Å². The van der Waals surface area contributed by atoms with E-state index in [2.05, 4.69) is 20.5 Å². The Hall–Kier alpha value is -4.31. The van der Waals surface area contributed by atoms with Crippen molar-refractivity contribution in [1.29, 1.82) is 0 Å². The average molecular weight is 517 g/mol. The van der Waals surface area contributed by atoms with Crippen LogP contribution >= 0.6 is 0 Å². The second-order valence-corrected chi connectivity index (χ2v) is 9.26. The first-order chi connectivity index (χ1) is 18.5. The number of amides is 3. The topological polar surface area (TPSA) is 97.9 Å². The molecule has 2 aromatic carbocycles. The fourth-order valence-corrected chi connectivity index (χ4v) is 4.71. The lowest BCUT2D eigenvalue weighted by atomic mass is 10.1. The van der Waals surface area contributed by atoms with E-state index in [1.54, 1.807) is 40.3 Å². The van der Waals surface area contributed by atoms with E-state index in [-0.39, 0.29) is 23.5 Å². The summed E-state index contributed by atoms with van der Waals surface area (Å²) in [6.45, 7) is 4.75. The maximum Gasteiger partial charge on any atom is 0.257 e. The molecule has 9 nitrogen and oxygen atoms in total. The predicted octanol–water partition coefficient (Wildman–Crippen LogP) is 2.48. The molecule has 0 bridgehead atoms. The van der Waals surface area contributed by atoms with Gasteiger partial charge in [0.05, 0.1) is 16.9 Å². The summed E-state index contributed by atoms with van der Waals surface area (Å²) in [5.74, 6) is -0.932. The van der Waals surface area contributed by atoms with Crippen LogP contribution in [0.5, 0.6) is 0 Å². The van der Waals surface area contributed by atoms with E-state index in [4.69, 9.17) is 0 Å². The molecule has 2 N–H and O–H groups in total. The van der Waals surface area contributed by atoms with Crippen LogP contribution in [-0.4, -0.2) is 84.9 Å². The number of carbonyl (C=O) groups is 3. The monoisotopic (exact) mass is 516 g/mol. The molecular formula is C28H29FN6O3. The number of anilines is 2. The van der Waals surface area contributed by atoms with Crippen LogP contribution in [0.1, 0.15) is 31.1 Å². The van der Waals surface area contributed by atoms with Crippen molar-refractivity contribution in [1.82, 2.24) is 20.1 Å². The molecule has 2 saturated heterocycles. The fraction of sp³-hybridized carbons (Fsp3) is 0.286. The number of hydrogen-bond donors (Lipinski definition) is 2. The quantitative estimate of drug-likeness (QED) is 0.541. The number of hydrogen-bond acceptors (Lipinski definition) is 6. The average Bonchev–Trinajstić information content (AvgIpc) is 2.98. The Kier molecular flexibility index (Phi) is 7.60. The highest BCUT2D eigenvalue weighted by Gasteiger charge is 2.26. The van der Waals surface area contributed by atoms with Crippen molar-refractivity contribution in [2.75, 3.05) is 62.6 Å². The number of benzene rings is 2. The Morgan fingerprint density at radius 1 is 0.789 bits per heavy atom. The van der Waals surface area contributed by atoms with Crippen LogP contribution in [0.25, 0.3) is 0 Å². The Bertz CT molecular complexity index is 1300. The maximum atomic E-state index is 13.3. The Balaban J connectivity index is 1.35. The zero-order valence-corrected chi connectivity index (χ0v) is 20.9. The lowest BCUT2D eigenvalue weighted by molar-refractivity contribution is 0.0731. The zero-order valence-electron chi connectivity index (χ0n) is 20.9. The van der Waals surface area contributed by atoms with Gasteiger partial charge in [-0.15, -0.1) is 0 Å². The van der Waals surface area contributed by atoms with Crippen LogP contribution < -0.4 is 15.5 Å². The second kappa shape index (κ2) is 11.4. The smallest absolute Gasteiger partial charge is 0.257 e. The van der Waals surface area contributed by atoms with Gasteiger partial charge in [0.25, 0.3) is 17.7 Å². The molecule has 0 atom stereocenters. The molecule has 3 aromatic rings. The van der Waals surface area contributed by atoms with Gasteiger partial charge in [-0.25, -0.2) is 4.39 Å². The number of nitrogens with one attached hydrogen (secondary N) is 2. The lowest BCUT2D eigenvalue weighted by Crippen LogP contribution is -2.49. The summed E-state index contributed by atoms with van der Waals surface area (Å²) in [6.07, 6.45) is 3.09. The Labute approximate surface area is 220 Å². The number of nitrogens with zero attached hydrogens (tertiary/aromatic N) is 4. The van der Waals surface area contributed by atoms with Gasteiger partial charge in [0.15, 0.2) is 0 Å². The zero-order chi connectivity index (χ0) is 26.5. The van der Waals surface area contributed by atoms with Crippen LogP contribution in [0.2, 0.25) is 0 Å². The van der Waals surface area contributed by atoms with Gasteiger partial charge in [0, 0.05) is 75.9 Å². The van der Waals surface area contributed by atoms with Gasteiger partial charge in [0.2, 0.25) is 0 Å². The molecule has 5 rings (SSSR count). The number of aromatic nitrogens is 1. The predicted molar refractivity (Wildman–Crippen MR) is 142 cm³/mol. The molecule has 3 amide bonds. The number of halogens is 1. The standard InChI is InChI=1S/C28H29FN6O3/c29-23-6-3-20(4-7-23)27(37)35-16-14-33(15-17-35)25-8-5-21(28(38)34-12-10-30-11-13-34)18-24(25)32-26(36)22-2-1-9-31-19-22/h1-9,18-19,30H,10-17H2,(H,32,36). The van der Waals surface area contributed by atoms with Crippen LogP contribution in [0.3, 0.4) is 0 Å². The molecule has 2 fully saturated rings. The minimum atomic E-state index is -0.383. The van der Waals surface area contributed by atoms with Gasteiger partial charge >= 0.3 is 0 Å². The highest BCUT2D eigenvalue weighted by Crippen LogP contribution is 2.30. The summed E-state index contributed by atoms with van der Waals surface area (Å²) in [7, 11) is 0. The first kappa shape index (κ1) is 25.3. The number of pyridine rings is 1. The van der Waals surface area contributed by atoms with Gasteiger partial charge in [-0.3, -0.25) is 19.4 Å². The molecule has 10 heteroatoms. The van der Waals surface area contributed by atoms with Crippen molar-refractivity contribution in [2.45, 2.75) is 0 Å². The molecule has 0 spiro atoms. The minimum Gasteiger partial charge on any atom is -0.366 e. The molecule has 0 saturated carbocycles. The normalized spacial score (nSPS) is 15.8. The minimum absolute atomic E-state index is 0.0790. The van der Waals surface area contributed by atoms with Crippen LogP contribution in [0, 0.1) is 5.82 Å². The lowest BCUT2D eigenvalue weighted by Gasteiger charge is -2.37. The molecular weight excluding hydrogens is 487 g/mol. The van der Waals surface area contributed by atoms with Crippen molar-refractivity contribution >= 4 is 29.1 Å². The summed E-state index contributed by atoms with van der Waals surface area (Å²) in [5.41, 5.74) is 2.65. The second-order valence-electron chi connectivity index (χ2n) is 9.26. The molecule has 2 aliphatic heterocycles. The van der Waals surface area contributed by atoms with Crippen molar-refractivity contribution in [2.24, 2.45) is 0 Å². The number of rotatable bonds is 5. The Morgan fingerprint density at radius 2 is 1.45 bits per heavy atom. The SMILES string of the molecule is O=C(Nc1cc(C(=O)N2CCNCC2)ccc1N1CCN(C(=O)c2ccc(F)cc2)CC1)c1cccnc1. The third-order valence-electron chi connectivity index (χ3n) is 6.82. The highest BCUT2D eigenvalue weighted by atomic mass is 19.1. The van der Waals surface area contributed by atoms with E-state index < -0.39 is 0 Å². The van der Waals surface area contributed by atoms with E-state index in [0.717, 1.165) is 18.8 Å². The van der Waals surface area contributed by atoms with Gasteiger partial charge in [-0.1, -0.05) is 0 Å². The van der Waals surface area contributed by atoms with Crippen LogP contribution in [-0.2, 0) is 0 Å². The van der Waals surface area contributed by atoms with E-state index in [1.165, 1.54) is 30.5 Å². The molecule has 0 aliphatic carbocycles. The first-order valence-corrected chi connectivity index (χ1v) is 12.6. The molecule has 3 heterocycles. The molecule has 0 radical (unpaired) electrons. The van der Waals surface area contributed by atoms with E-state index in [1.807, 2.05) is 6.07 Å². The third kappa shape index (κ3) is 5.65. The van der Waals surface area contributed by atoms with Crippen LogP contribution in [0.4, 0.5) is 15.8 Å². The summed E-state index contributed by atoms with van der Waals surface area (Å²) < 4.78 is 13.3. The first-order valence-electron chi connectivity index (χ1n) is 12.6. The number of carbonyl (C=O) groups excluding carboxylic acids is 3. The Morgan fingerprint density at radius 3 is 2.13 bits per heavy atom. The van der Waals surface area contributed by atoms with Gasteiger partial charge < -0.3 is 25.3 Å². The van der Waals surface area contributed by atoms with E-state index >= 15 is 0 Å². The fourth-order valence-electron chi connectivity index (χ4n) is 4.71. The third-order valence-corrected chi connectivity index (χ3v) is 6.82. The molecule has 0 unspecified atom stereocenters. The molecule has 2 aliphatic rings. The summed E-state index contributed by atoms with van der Waals surface area (Å²) in [4.78, 5) is 48.7. The van der Waals surface area contributed by atoms with E-state index in [9.17, 15) is 18.8 Å². The maximum absolute atomic E-state index is 13.3. The molecule has 196 valence electrons. The van der Waals surface area contributed by atoms with Gasteiger partial charge in [0.1, 0.15) is 5.82 Å². The van der Waals surface area contributed by atoms with Crippen molar-refractivity contribution in [3.63, 3.8) is 0 Å². The van der Waals surface area contributed by atoms with Crippen molar-refractivity contribution < 1.29 is 18.8 Å². The van der Waals surface area contributed by atoms with Gasteiger partial charge in [-0.05, 0) is 54.6 Å². The van der Waals surface area contributed by atoms with E-state index in [0.29, 0.717) is 61.6 Å². The van der Waals surface area contributed by atoms with Crippen LogP contribution in [0.15, 0.2) is 67.0 Å². The number of piperazine rings is 2. The van der Waals surface area contributed by atoms with Crippen molar-refractivity contribution in [3.8, 4) is 0 Å². The summed E-state index contributed by atoms with van der Waals surface area (Å²) in [6, 6.07) is 14.3. The highest BCUT2D eigenvalue weighted by molar-refractivity contribution is 6.07.